The van der Waals surface area contributed by atoms with E-state index in [0.29, 0.717) is 13.0 Å². The van der Waals surface area contributed by atoms with E-state index in [0.717, 1.165) is 23.9 Å². The van der Waals surface area contributed by atoms with Crippen molar-refractivity contribution in [3.8, 4) is 6.07 Å². The van der Waals surface area contributed by atoms with E-state index in [4.69, 9.17) is 5.26 Å². The number of sulfonamides is 1. The Morgan fingerprint density at radius 3 is 2.91 bits per heavy atom. The minimum atomic E-state index is -3.89. The van der Waals surface area contributed by atoms with Crippen LogP contribution in [0.4, 0.5) is 10.1 Å². The van der Waals surface area contributed by atoms with E-state index in [9.17, 15) is 12.8 Å². The highest BCUT2D eigenvalue weighted by Gasteiger charge is 2.26. The van der Waals surface area contributed by atoms with Crippen molar-refractivity contribution in [2.75, 3.05) is 18.3 Å². The van der Waals surface area contributed by atoms with Gasteiger partial charge in [0, 0.05) is 25.0 Å². The molecule has 2 heterocycles. The molecule has 23 heavy (non-hydrogen) atoms. The van der Waals surface area contributed by atoms with Crippen molar-refractivity contribution in [2.24, 2.45) is 0 Å². The Balaban J connectivity index is 1.93. The number of likely N-dealkylation sites (N-methyl/N-ethyl adjacent to an activating group) is 1. The number of hydrogen-bond donors (Lipinski definition) is 2. The number of fused-ring (bicyclic) bond motifs is 1. The molecule has 0 saturated carbocycles. The molecule has 0 atom stereocenters. The highest BCUT2D eigenvalue weighted by atomic mass is 32.2. The molecule has 0 amide bonds. The van der Waals surface area contributed by atoms with Crippen LogP contribution in [0.15, 0.2) is 29.3 Å². The normalized spacial score (nSPS) is 15.0. The number of nitrogens with zero attached hydrogens (tertiary/aromatic N) is 2. The maximum atomic E-state index is 13.9. The lowest BCUT2D eigenvalue weighted by molar-refractivity contribution is 0.308. The fourth-order valence-electron chi connectivity index (χ4n) is 2.65. The first-order chi connectivity index (χ1) is 10.9. The highest BCUT2D eigenvalue weighted by molar-refractivity contribution is 7.92. The van der Waals surface area contributed by atoms with E-state index >= 15 is 0 Å². The Morgan fingerprint density at radius 1 is 1.43 bits per heavy atom. The summed E-state index contributed by atoms with van der Waals surface area (Å²) < 4.78 is 41.3. The first kappa shape index (κ1) is 15.5. The lowest BCUT2D eigenvalue weighted by Gasteiger charge is -2.22. The van der Waals surface area contributed by atoms with Gasteiger partial charge in [-0.25, -0.2) is 12.8 Å². The van der Waals surface area contributed by atoms with Crippen LogP contribution in [-0.4, -0.2) is 31.9 Å². The Morgan fingerprint density at radius 2 is 2.22 bits per heavy atom. The third kappa shape index (κ3) is 2.93. The molecule has 8 heteroatoms. The van der Waals surface area contributed by atoms with Gasteiger partial charge in [-0.2, -0.15) is 5.26 Å². The SMILES string of the molecule is CN1CCc2c(S(=O)(=O)Nc3ccc(C#N)cc3F)c[nH]c2C1. The Hall–Kier alpha value is -2.37. The average molecular weight is 334 g/mol. The molecule has 120 valence electrons. The molecule has 0 saturated heterocycles. The van der Waals surface area contributed by atoms with Crippen molar-refractivity contribution < 1.29 is 12.8 Å². The monoisotopic (exact) mass is 334 g/mol. The zero-order valence-corrected chi connectivity index (χ0v) is 13.2. The Labute approximate surface area is 133 Å². The number of benzene rings is 1. The van der Waals surface area contributed by atoms with E-state index in [-0.39, 0.29) is 16.1 Å². The second-order valence-electron chi connectivity index (χ2n) is 5.51. The molecule has 1 aromatic heterocycles. The highest BCUT2D eigenvalue weighted by Crippen LogP contribution is 2.27. The number of anilines is 1. The molecule has 1 aromatic carbocycles. The fourth-order valence-corrected chi connectivity index (χ4v) is 3.98. The van der Waals surface area contributed by atoms with E-state index in [1.54, 1.807) is 6.07 Å². The molecule has 0 spiro atoms. The number of hydrogen-bond acceptors (Lipinski definition) is 4. The summed E-state index contributed by atoms with van der Waals surface area (Å²) in [6, 6.07) is 5.41. The van der Waals surface area contributed by atoms with Crippen molar-refractivity contribution in [1.29, 1.82) is 5.26 Å². The quantitative estimate of drug-likeness (QED) is 0.896. The van der Waals surface area contributed by atoms with Gasteiger partial charge in [0.05, 0.1) is 17.3 Å². The lowest BCUT2D eigenvalue weighted by atomic mass is 10.1. The average Bonchev–Trinajstić information content (AvgIpc) is 2.93. The van der Waals surface area contributed by atoms with Crippen molar-refractivity contribution >= 4 is 15.7 Å². The van der Waals surface area contributed by atoms with Crippen LogP contribution in [0.1, 0.15) is 16.8 Å². The number of H-pyrrole nitrogens is 1. The van der Waals surface area contributed by atoms with Gasteiger partial charge in [0.1, 0.15) is 10.7 Å². The van der Waals surface area contributed by atoms with Crippen LogP contribution in [-0.2, 0) is 23.0 Å². The molecule has 0 aliphatic carbocycles. The molecule has 1 aliphatic heterocycles. The summed E-state index contributed by atoms with van der Waals surface area (Å²) in [6.45, 7) is 1.41. The number of nitrogens with one attached hydrogen (secondary N) is 2. The minimum absolute atomic E-state index is 0.132. The molecule has 1 aliphatic rings. The van der Waals surface area contributed by atoms with Crippen molar-refractivity contribution in [3.05, 3.63) is 47.0 Å². The first-order valence-corrected chi connectivity index (χ1v) is 8.49. The number of aromatic nitrogens is 1. The van der Waals surface area contributed by atoms with Crippen LogP contribution in [0.5, 0.6) is 0 Å². The molecule has 0 unspecified atom stereocenters. The van der Waals surface area contributed by atoms with Gasteiger partial charge in [-0.1, -0.05) is 0 Å². The molecule has 3 rings (SSSR count). The predicted molar refractivity (Wildman–Crippen MR) is 82.8 cm³/mol. The lowest BCUT2D eigenvalue weighted by Crippen LogP contribution is -2.27. The van der Waals surface area contributed by atoms with Crippen LogP contribution < -0.4 is 4.72 Å². The van der Waals surface area contributed by atoms with Gasteiger partial charge in [0.25, 0.3) is 10.0 Å². The van der Waals surface area contributed by atoms with Gasteiger partial charge in [-0.15, -0.1) is 0 Å². The van der Waals surface area contributed by atoms with Gasteiger partial charge in [0.2, 0.25) is 0 Å². The van der Waals surface area contributed by atoms with Crippen molar-refractivity contribution in [3.63, 3.8) is 0 Å². The van der Waals surface area contributed by atoms with Gasteiger partial charge in [-0.3, -0.25) is 4.72 Å². The summed E-state index contributed by atoms with van der Waals surface area (Å²) in [6.07, 6.45) is 2.05. The van der Waals surface area contributed by atoms with Crippen LogP contribution >= 0.6 is 0 Å². The van der Waals surface area contributed by atoms with Crippen LogP contribution in [0.2, 0.25) is 0 Å². The van der Waals surface area contributed by atoms with Crippen molar-refractivity contribution in [1.82, 2.24) is 9.88 Å². The summed E-state index contributed by atoms with van der Waals surface area (Å²) in [5.74, 6) is -0.781. The van der Waals surface area contributed by atoms with Gasteiger partial charge < -0.3 is 9.88 Å². The maximum Gasteiger partial charge on any atom is 0.263 e. The van der Waals surface area contributed by atoms with Crippen LogP contribution in [0.25, 0.3) is 0 Å². The number of aromatic amines is 1. The summed E-state index contributed by atoms with van der Waals surface area (Å²) in [4.78, 5) is 5.21. The van der Waals surface area contributed by atoms with Gasteiger partial charge in [-0.05, 0) is 37.2 Å². The minimum Gasteiger partial charge on any atom is -0.362 e. The third-order valence-electron chi connectivity index (χ3n) is 3.84. The Kier molecular flexibility index (Phi) is 3.83. The summed E-state index contributed by atoms with van der Waals surface area (Å²) in [5.41, 5.74) is 1.56. The van der Waals surface area contributed by atoms with Crippen LogP contribution in [0, 0.1) is 17.1 Å². The summed E-state index contributed by atoms with van der Waals surface area (Å²) in [5, 5.41) is 8.73. The predicted octanol–water partition coefficient (Wildman–Crippen LogP) is 1.81. The topological polar surface area (TPSA) is 89.0 Å². The molecule has 2 N–H and O–H groups in total. The molecule has 0 fully saturated rings. The van der Waals surface area contributed by atoms with E-state index in [1.807, 2.05) is 7.05 Å². The first-order valence-electron chi connectivity index (χ1n) is 7.01. The van der Waals surface area contributed by atoms with Crippen molar-refractivity contribution in [2.45, 2.75) is 17.9 Å². The molecule has 0 radical (unpaired) electrons. The zero-order valence-electron chi connectivity index (χ0n) is 12.4. The smallest absolute Gasteiger partial charge is 0.263 e. The molecular formula is C15H15FN4O2S. The Bertz CT molecular complexity index is 899. The van der Waals surface area contributed by atoms with Gasteiger partial charge in [0.15, 0.2) is 0 Å². The number of halogens is 1. The van der Waals surface area contributed by atoms with Gasteiger partial charge >= 0.3 is 0 Å². The summed E-state index contributed by atoms with van der Waals surface area (Å²) in [7, 11) is -1.93. The van der Waals surface area contributed by atoms with E-state index in [1.165, 1.54) is 18.3 Å². The second kappa shape index (κ2) is 5.68. The molecule has 6 nitrogen and oxygen atoms in total. The standard InChI is InChI=1S/C15H15FN4O2S/c1-20-5-4-11-14(9-20)18-8-15(11)23(21,22)19-13-3-2-10(7-17)6-12(13)16/h2-3,6,8,18-19H,4-5,9H2,1H3. The zero-order chi connectivity index (χ0) is 16.6. The fraction of sp³-hybridized carbons (Fsp3) is 0.267. The second-order valence-corrected chi connectivity index (χ2v) is 7.16. The summed E-state index contributed by atoms with van der Waals surface area (Å²) >= 11 is 0. The molecule has 2 aromatic rings. The van der Waals surface area contributed by atoms with E-state index < -0.39 is 15.8 Å². The van der Waals surface area contributed by atoms with E-state index in [2.05, 4.69) is 14.6 Å². The van der Waals surface area contributed by atoms with Crippen LogP contribution in [0.3, 0.4) is 0 Å². The number of rotatable bonds is 3. The molecular weight excluding hydrogens is 319 g/mol. The molecule has 0 bridgehead atoms. The number of nitriles is 1. The third-order valence-corrected chi connectivity index (χ3v) is 5.27. The largest absolute Gasteiger partial charge is 0.362 e. The maximum absolute atomic E-state index is 13.9.